The number of fused-ring (bicyclic) bond motifs is 1. The lowest BCUT2D eigenvalue weighted by molar-refractivity contribution is -0.122. The molecule has 2 aromatic rings. The van der Waals surface area contributed by atoms with Crippen LogP contribution < -0.4 is 10.6 Å². The van der Waals surface area contributed by atoms with Crippen molar-refractivity contribution in [2.75, 3.05) is 11.9 Å². The van der Waals surface area contributed by atoms with Crippen molar-refractivity contribution in [2.45, 2.75) is 26.1 Å². The summed E-state index contributed by atoms with van der Waals surface area (Å²) in [6, 6.07) is 8.62. The highest BCUT2D eigenvalue weighted by Gasteiger charge is 2.34. The average molecular weight is 393 g/mol. The molecule has 1 atom stereocenters. The molecule has 1 aromatic heterocycles. The van der Waals surface area contributed by atoms with Crippen molar-refractivity contribution in [1.82, 2.24) is 15.2 Å². The quantitative estimate of drug-likeness (QED) is 0.781. The highest BCUT2D eigenvalue weighted by molar-refractivity contribution is 6.30. The SMILES string of the molecule is CC(C)NC(=O)CN1C(=O)c2cc(Cl)ncc2NC1c1cccc(Cl)c1. The molecule has 8 heteroatoms. The summed E-state index contributed by atoms with van der Waals surface area (Å²) < 4.78 is 0. The molecule has 0 aliphatic carbocycles. The van der Waals surface area contributed by atoms with E-state index >= 15 is 0 Å². The van der Waals surface area contributed by atoms with Gasteiger partial charge in [-0.3, -0.25) is 9.59 Å². The lowest BCUT2D eigenvalue weighted by Crippen LogP contribution is -2.48. The Morgan fingerprint density at radius 2 is 2.12 bits per heavy atom. The van der Waals surface area contributed by atoms with Crippen LogP contribution >= 0.6 is 23.2 Å². The lowest BCUT2D eigenvalue weighted by atomic mass is 10.0. The van der Waals surface area contributed by atoms with E-state index in [1.807, 2.05) is 19.9 Å². The number of rotatable bonds is 4. The van der Waals surface area contributed by atoms with Crippen molar-refractivity contribution < 1.29 is 9.59 Å². The fourth-order valence-electron chi connectivity index (χ4n) is 2.84. The van der Waals surface area contributed by atoms with Crippen molar-refractivity contribution in [1.29, 1.82) is 0 Å². The summed E-state index contributed by atoms with van der Waals surface area (Å²) in [5.41, 5.74) is 1.70. The molecule has 1 aliphatic heterocycles. The third-order valence-electron chi connectivity index (χ3n) is 3.89. The predicted molar refractivity (Wildman–Crippen MR) is 101 cm³/mol. The number of pyridine rings is 1. The molecule has 0 bridgehead atoms. The minimum Gasteiger partial charge on any atom is -0.359 e. The first-order valence-electron chi connectivity index (χ1n) is 8.13. The van der Waals surface area contributed by atoms with E-state index in [9.17, 15) is 9.59 Å². The number of nitrogens with one attached hydrogen (secondary N) is 2. The number of halogens is 2. The standard InChI is InChI=1S/C18H18Cl2N4O2/c1-10(2)22-16(25)9-24-17(11-4-3-5-12(19)6-11)23-14-8-21-15(20)7-13(14)18(24)26/h3-8,10,17,23H,9H2,1-2H3,(H,22,25). The van der Waals surface area contributed by atoms with Crippen molar-refractivity contribution in [2.24, 2.45) is 0 Å². The normalized spacial score (nSPS) is 16.3. The molecule has 1 aromatic carbocycles. The Balaban J connectivity index is 2.00. The summed E-state index contributed by atoms with van der Waals surface area (Å²) in [5, 5.41) is 6.82. The summed E-state index contributed by atoms with van der Waals surface area (Å²) in [4.78, 5) is 30.8. The molecule has 0 saturated heterocycles. The maximum atomic E-state index is 13.0. The third-order valence-corrected chi connectivity index (χ3v) is 4.34. The molecule has 0 fully saturated rings. The fourth-order valence-corrected chi connectivity index (χ4v) is 3.20. The Kier molecular flexibility index (Phi) is 5.34. The van der Waals surface area contributed by atoms with Crippen LogP contribution in [-0.2, 0) is 4.79 Å². The summed E-state index contributed by atoms with van der Waals surface area (Å²) in [6.07, 6.45) is 0.966. The van der Waals surface area contributed by atoms with E-state index in [-0.39, 0.29) is 29.6 Å². The summed E-state index contributed by atoms with van der Waals surface area (Å²) in [5.74, 6) is -0.544. The number of aromatic nitrogens is 1. The number of anilines is 1. The molecule has 3 rings (SSSR count). The number of nitrogens with zero attached hydrogens (tertiary/aromatic N) is 2. The molecule has 26 heavy (non-hydrogen) atoms. The second-order valence-corrected chi connectivity index (χ2v) is 7.13. The van der Waals surface area contributed by atoms with Crippen LogP contribution in [-0.4, -0.2) is 34.3 Å². The van der Waals surface area contributed by atoms with Crippen molar-refractivity contribution in [3.05, 3.63) is 57.8 Å². The Morgan fingerprint density at radius 1 is 1.35 bits per heavy atom. The van der Waals surface area contributed by atoms with Gasteiger partial charge in [0.1, 0.15) is 17.9 Å². The van der Waals surface area contributed by atoms with Crippen LogP contribution in [0.15, 0.2) is 36.5 Å². The first-order chi connectivity index (χ1) is 12.3. The maximum absolute atomic E-state index is 13.0. The van der Waals surface area contributed by atoms with Gasteiger partial charge in [-0.2, -0.15) is 0 Å². The van der Waals surface area contributed by atoms with Crippen LogP contribution in [0.3, 0.4) is 0 Å². The zero-order chi connectivity index (χ0) is 18.8. The monoisotopic (exact) mass is 392 g/mol. The first kappa shape index (κ1) is 18.5. The van der Waals surface area contributed by atoms with E-state index in [4.69, 9.17) is 23.2 Å². The number of benzene rings is 1. The van der Waals surface area contributed by atoms with Crippen LogP contribution in [0, 0.1) is 0 Å². The predicted octanol–water partition coefficient (Wildman–Crippen LogP) is 3.48. The van der Waals surface area contributed by atoms with E-state index in [2.05, 4.69) is 15.6 Å². The highest BCUT2D eigenvalue weighted by Crippen LogP contribution is 2.34. The van der Waals surface area contributed by atoms with Crippen LogP contribution in [0.25, 0.3) is 0 Å². The number of carbonyl (C=O) groups is 2. The molecule has 2 amide bonds. The minimum absolute atomic E-state index is 0.0223. The number of carbonyl (C=O) groups excluding carboxylic acids is 2. The molecule has 1 aliphatic rings. The van der Waals surface area contributed by atoms with E-state index in [1.54, 1.807) is 18.2 Å². The largest absolute Gasteiger partial charge is 0.359 e. The van der Waals surface area contributed by atoms with Gasteiger partial charge in [-0.15, -0.1) is 0 Å². The van der Waals surface area contributed by atoms with Gasteiger partial charge in [0.25, 0.3) is 5.91 Å². The summed E-state index contributed by atoms with van der Waals surface area (Å²) in [6.45, 7) is 3.63. The lowest BCUT2D eigenvalue weighted by Gasteiger charge is -2.37. The van der Waals surface area contributed by atoms with E-state index in [0.717, 1.165) is 5.56 Å². The first-order valence-corrected chi connectivity index (χ1v) is 8.88. The van der Waals surface area contributed by atoms with Crippen molar-refractivity contribution in [3.63, 3.8) is 0 Å². The molecular weight excluding hydrogens is 375 g/mol. The molecular formula is C18H18Cl2N4O2. The molecule has 0 spiro atoms. The molecule has 1 unspecified atom stereocenters. The van der Waals surface area contributed by atoms with E-state index in [1.165, 1.54) is 17.2 Å². The second-order valence-electron chi connectivity index (χ2n) is 6.31. The smallest absolute Gasteiger partial charge is 0.258 e. The van der Waals surface area contributed by atoms with E-state index < -0.39 is 6.17 Å². The molecule has 0 saturated carbocycles. The van der Waals surface area contributed by atoms with Gasteiger partial charge < -0.3 is 15.5 Å². The molecule has 6 nitrogen and oxygen atoms in total. The molecule has 2 heterocycles. The van der Waals surface area contributed by atoms with Gasteiger partial charge in [-0.05, 0) is 37.6 Å². The Morgan fingerprint density at radius 3 is 2.81 bits per heavy atom. The van der Waals surface area contributed by atoms with Gasteiger partial charge in [0.05, 0.1) is 17.4 Å². The Labute approximate surface area is 161 Å². The second kappa shape index (κ2) is 7.51. The maximum Gasteiger partial charge on any atom is 0.258 e. The molecule has 2 N–H and O–H groups in total. The van der Waals surface area contributed by atoms with Gasteiger partial charge in [-0.1, -0.05) is 35.3 Å². The Hall–Kier alpha value is -2.31. The zero-order valence-corrected chi connectivity index (χ0v) is 15.8. The van der Waals surface area contributed by atoms with Gasteiger partial charge >= 0.3 is 0 Å². The molecule has 136 valence electrons. The topological polar surface area (TPSA) is 74.3 Å². The van der Waals surface area contributed by atoms with Gasteiger partial charge in [0.15, 0.2) is 0 Å². The van der Waals surface area contributed by atoms with Crippen molar-refractivity contribution in [3.8, 4) is 0 Å². The third kappa shape index (κ3) is 3.92. The van der Waals surface area contributed by atoms with Gasteiger partial charge in [0.2, 0.25) is 5.91 Å². The summed E-state index contributed by atoms with van der Waals surface area (Å²) >= 11 is 12.0. The zero-order valence-electron chi connectivity index (χ0n) is 14.3. The number of hydrogen-bond acceptors (Lipinski definition) is 4. The minimum atomic E-state index is -0.547. The number of hydrogen-bond donors (Lipinski definition) is 2. The Bertz CT molecular complexity index is 857. The van der Waals surface area contributed by atoms with Gasteiger partial charge in [-0.25, -0.2) is 4.98 Å². The van der Waals surface area contributed by atoms with Crippen LogP contribution in [0.5, 0.6) is 0 Å². The van der Waals surface area contributed by atoms with Crippen LogP contribution in [0.1, 0.15) is 35.9 Å². The average Bonchev–Trinajstić information content (AvgIpc) is 2.57. The van der Waals surface area contributed by atoms with Crippen LogP contribution in [0.4, 0.5) is 5.69 Å². The van der Waals surface area contributed by atoms with Crippen LogP contribution in [0.2, 0.25) is 10.2 Å². The fraction of sp³-hybridized carbons (Fsp3) is 0.278. The van der Waals surface area contributed by atoms with E-state index in [0.29, 0.717) is 16.3 Å². The van der Waals surface area contributed by atoms with Gasteiger partial charge in [0, 0.05) is 11.1 Å². The highest BCUT2D eigenvalue weighted by atomic mass is 35.5. The molecule has 0 radical (unpaired) electrons. The summed E-state index contributed by atoms with van der Waals surface area (Å²) in [7, 11) is 0. The van der Waals surface area contributed by atoms with Crippen molar-refractivity contribution >= 4 is 40.7 Å². The number of amides is 2.